The van der Waals surface area contributed by atoms with E-state index in [1.54, 1.807) is 0 Å². The fraction of sp³-hybridized carbons (Fsp3) is 0.579. The maximum absolute atomic E-state index is 5.91. The second kappa shape index (κ2) is 6.23. The van der Waals surface area contributed by atoms with E-state index in [1.165, 1.54) is 22.1 Å². The number of aryl methyl sites for hydroxylation is 1. The summed E-state index contributed by atoms with van der Waals surface area (Å²) in [5.41, 5.74) is 5.10. The number of hydrogen-bond donors (Lipinski definition) is 1. The van der Waals surface area contributed by atoms with Gasteiger partial charge in [-0.2, -0.15) is 0 Å². The van der Waals surface area contributed by atoms with Crippen LogP contribution in [0.4, 0.5) is 0 Å². The molecule has 21 heavy (non-hydrogen) atoms. The number of hydrogen-bond acceptors (Lipinski definition) is 2. The molecule has 2 rings (SSSR count). The molecule has 2 aromatic rings. The van der Waals surface area contributed by atoms with Gasteiger partial charge >= 0.3 is 0 Å². The highest BCUT2D eigenvalue weighted by molar-refractivity contribution is 5.85. The van der Waals surface area contributed by atoms with Crippen molar-refractivity contribution in [1.82, 2.24) is 5.32 Å². The lowest BCUT2D eigenvalue weighted by Gasteiger charge is -2.20. The first-order valence-corrected chi connectivity index (χ1v) is 8.01. The summed E-state index contributed by atoms with van der Waals surface area (Å²) in [5.74, 6) is 0.695. The Morgan fingerprint density at radius 3 is 2.52 bits per heavy atom. The Morgan fingerprint density at radius 1 is 1.19 bits per heavy atom. The highest BCUT2D eigenvalue weighted by Gasteiger charge is 2.20. The van der Waals surface area contributed by atoms with Crippen molar-refractivity contribution in [2.24, 2.45) is 5.92 Å². The standard InChI is InChI=1S/C19H29NO/c1-13(2)11-20-8-7-15-12-21-18-16(15)9-14(3)10-17(18)19(4,5)6/h9-10,12-13,20H,7-8,11H2,1-6H3. The van der Waals surface area contributed by atoms with E-state index in [4.69, 9.17) is 4.42 Å². The minimum absolute atomic E-state index is 0.106. The van der Waals surface area contributed by atoms with Crippen LogP contribution in [0.1, 0.15) is 51.3 Å². The first kappa shape index (κ1) is 16.1. The Labute approximate surface area is 128 Å². The van der Waals surface area contributed by atoms with Crippen molar-refractivity contribution < 1.29 is 4.42 Å². The molecule has 1 N–H and O–H groups in total. The van der Waals surface area contributed by atoms with E-state index >= 15 is 0 Å². The molecule has 1 heterocycles. The van der Waals surface area contributed by atoms with E-state index in [0.29, 0.717) is 5.92 Å². The van der Waals surface area contributed by atoms with Gasteiger partial charge in [0.15, 0.2) is 0 Å². The summed E-state index contributed by atoms with van der Waals surface area (Å²) in [7, 11) is 0. The number of benzene rings is 1. The van der Waals surface area contributed by atoms with Gasteiger partial charge in [0.1, 0.15) is 5.58 Å². The number of fused-ring (bicyclic) bond motifs is 1. The molecule has 0 unspecified atom stereocenters. The predicted octanol–water partition coefficient (Wildman–Crippen LogP) is 4.83. The summed E-state index contributed by atoms with van der Waals surface area (Å²) in [4.78, 5) is 0. The van der Waals surface area contributed by atoms with Gasteiger partial charge in [0.2, 0.25) is 0 Å². The molecule has 0 radical (unpaired) electrons. The van der Waals surface area contributed by atoms with Crippen LogP contribution in [0, 0.1) is 12.8 Å². The lowest BCUT2D eigenvalue weighted by Crippen LogP contribution is -2.22. The molecule has 0 bridgehead atoms. The third kappa shape index (κ3) is 3.88. The van der Waals surface area contributed by atoms with Crippen molar-refractivity contribution in [2.75, 3.05) is 13.1 Å². The predicted molar refractivity (Wildman–Crippen MR) is 91.1 cm³/mol. The zero-order chi connectivity index (χ0) is 15.6. The number of nitrogens with one attached hydrogen (secondary N) is 1. The third-order valence-corrected chi connectivity index (χ3v) is 3.83. The Bertz CT molecular complexity index is 602. The fourth-order valence-electron chi connectivity index (χ4n) is 2.70. The molecule has 0 spiro atoms. The number of rotatable bonds is 5. The van der Waals surface area contributed by atoms with Crippen LogP contribution in [0.3, 0.4) is 0 Å². The monoisotopic (exact) mass is 287 g/mol. The van der Waals surface area contributed by atoms with E-state index in [0.717, 1.165) is 25.1 Å². The molecule has 0 aliphatic heterocycles. The zero-order valence-corrected chi connectivity index (χ0v) is 14.3. The summed E-state index contributed by atoms with van der Waals surface area (Å²) in [6.07, 6.45) is 2.96. The third-order valence-electron chi connectivity index (χ3n) is 3.83. The van der Waals surface area contributed by atoms with Gasteiger partial charge in [0.25, 0.3) is 0 Å². The first-order chi connectivity index (χ1) is 9.79. The molecule has 2 nitrogen and oxygen atoms in total. The van der Waals surface area contributed by atoms with Gasteiger partial charge in [0, 0.05) is 10.9 Å². The summed E-state index contributed by atoms with van der Waals surface area (Å²) in [6, 6.07) is 4.51. The average Bonchev–Trinajstić information content (AvgIpc) is 2.75. The molecule has 1 aromatic carbocycles. The minimum atomic E-state index is 0.106. The van der Waals surface area contributed by atoms with E-state index in [2.05, 4.69) is 59.0 Å². The summed E-state index contributed by atoms with van der Waals surface area (Å²) in [5, 5.41) is 4.79. The minimum Gasteiger partial charge on any atom is -0.464 e. The molecule has 2 heteroatoms. The van der Waals surface area contributed by atoms with Crippen molar-refractivity contribution in [1.29, 1.82) is 0 Å². The van der Waals surface area contributed by atoms with Gasteiger partial charge in [-0.15, -0.1) is 0 Å². The van der Waals surface area contributed by atoms with Crippen molar-refractivity contribution in [3.8, 4) is 0 Å². The van der Waals surface area contributed by atoms with Gasteiger partial charge < -0.3 is 9.73 Å². The van der Waals surface area contributed by atoms with Crippen LogP contribution in [-0.4, -0.2) is 13.1 Å². The van der Waals surface area contributed by atoms with E-state index in [9.17, 15) is 0 Å². The Balaban J connectivity index is 2.25. The molecule has 0 fully saturated rings. The van der Waals surface area contributed by atoms with E-state index in [1.807, 2.05) is 6.26 Å². The first-order valence-electron chi connectivity index (χ1n) is 8.01. The van der Waals surface area contributed by atoms with Crippen molar-refractivity contribution in [3.63, 3.8) is 0 Å². The molecule has 0 atom stereocenters. The molecule has 0 saturated heterocycles. The second-order valence-electron chi connectivity index (χ2n) is 7.55. The van der Waals surface area contributed by atoms with Crippen LogP contribution >= 0.6 is 0 Å². The largest absolute Gasteiger partial charge is 0.464 e. The Hall–Kier alpha value is -1.28. The second-order valence-corrected chi connectivity index (χ2v) is 7.55. The van der Waals surface area contributed by atoms with Crippen molar-refractivity contribution in [2.45, 2.75) is 53.4 Å². The molecule has 0 aliphatic rings. The van der Waals surface area contributed by atoms with Gasteiger partial charge in [-0.05, 0) is 55.0 Å². The smallest absolute Gasteiger partial charge is 0.137 e. The van der Waals surface area contributed by atoms with Crippen LogP contribution in [0.15, 0.2) is 22.8 Å². The molecule has 1 aromatic heterocycles. The summed E-state index contributed by atoms with van der Waals surface area (Å²) < 4.78 is 5.91. The maximum atomic E-state index is 5.91. The van der Waals surface area contributed by atoms with Crippen LogP contribution in [0.25, 0.3) is 11.0 Å². The van der Waals surface area contributed by atoms with Crippen LogP contribution in [0.2, 0.25) is 0 Å². The molecule has 0 saturated carbocycles. The normalized spacial score (nSPS) is 12.5. The number of furan rings is 1. The van der Waals surface area contributed by atoms with Gasteiger partial charge in [-0.25, -0.2) is 0 Å². The molecule has 0 amide bonds. The highest BCUT2D eigenvalue weighted by Crippen LogP contribution is 2.33. The molecular formula is C19H29NO. The van der Waals surface area contributed by atoms with Crippen molar-refractivity contribution >= 4 is 11.0 Å². The van der Waals surface area contributed by atoms with Crippen LogP contribution < -0.4 is 5.32 Å². The van der Waals surface area contributed by atoms with E-state index < -0.39 is 0 Å². The highest BCUT2D eigenvalue weighted by atomic mass is 16.3. The van der Waals surface area contributed by atoms with Crippen LogP contribution in [0.5, 0.6) is 0 Å². The molecular weight excluding hydrogens is 258 g/mol. The average molecular weight is 287 g/mol. The summed E-state index contributed by atoms with van der Waals surface area (Å²) >= 11 is 0. The lowest BCUT2D eigenvalue weighted by molar-refractivity contribution is 0.547. The Morgan fingerprint density at radius 2 is 1.90 bits per heavy atom. The van der Waals surface area contributed by atoms with Gasteiger partial charge in [-0.3, -0.25) is 0 Å². The van der Waals surface area contributed by atoms with Gasteiger partial charge in [-0.1, -0.05) is 40.7 Å². The van der Waals surface area contributed by atoms with E-state index in [-0.39, 0.29) is 5.41 Å². The lowest BCUT2D eigenvalue weighted by atomic mass is 9.84. The van der Waals surface area contributed by atoms with Gasteiger partial charge in [0.05, 0.1) is 6.26 Å². The maximum Gasteiger partial charge on any atom is 0.137 e. The topological polar surface area (TPSA) is 25.2 Å². The zero-order valence-electron chi connectivity index (χ0n) is 14.3. The SMILES string of the molecule is Cc1cc(C(C)(C)C)c2occ(CCNCC(C)C)c2c1. The quantitative estimate of drug-likeness (QED) is 0.797. The molecule has 116 valence electrons. The fourth-order valence-corrected chi connectivity index (χ4v) is 2.70. The summed E-state index contributed by atoms with van der Waals surface area (Å²) in [6.45, 7) is 15.4. The van der Waals surface area contributed by atoms with Crippen molar-refractivity contribution in [3.05, 3.63) is 35.1 Å². The molecule has 0 aliphatic carbocycles. The van der Waals surface area contributed by atoms with Crippen LogP contribution in [-0.2, 0) is 11.8 Å². The Kier molecular flexibility index (Phi) is 4.77.